The Hall–Kier alpha value is -2.59. The molecule has 3 aromatic rings. The zero-order valence-corrected chi connectivity index (χ0v) is 20.0. The fraction of sp³-hybridized carbons (Fsp3) is 0.0455. The number of nitriles is 1. The molecule has 156 valence electrons. The Balaban J connectivity index is 1.66. The zero-order chi connectivity index (χ0) is 22.4. The van der Waals surface area contributed by atoms with Crippen LogP contribution in [0.5, 0.6) is 5.75 Å². The summed E-state index contributed by atoms with van der Waals surface area (Å²) in [6.07, 6.45) is 1.43. The van der Waals surface area contributed by atoms with E-state index in [2.05, 4.69) is 55.7 Å². The van der Waals surface area contributed by atoms with E-state index >= 15 is 0 Å². The lowest BCUT2D eigenvalue weighted by Gasteiger charge is -2.11. The van der Waals surface area contributed by atoms with E-state index in [1.807, 2.05) is 12.1 Å². The van der Waals surface area contributed by atoms with E-state index < -0.39 is 11.7 Å². The maximum atomic E-state index is 13.9. The summed E-state index contributed by atoms with van der Waals surface area (Å²) in [5, 5.41) is 12.6. The smallest absolute Gasteiger partial charge is 0.274 e. The minimum absolute atomic E-state index is 0.126. The minimum atomic E-state index is -0.796. The van der Waals surface area contributed by atoms with Crippen molar-refractivity contribution in [3.8, 4) is 11.8 Å². The molecule has 0 heterocycles. The van der Waals surface area contributed by atoms with Crippen LogP contribution in [-0.2, 0) is 6.61 Å². The van der Waals surface area contributed by atoms with Crippen molar-refractivity contribution >= 4 is 57.3 Å². The molecule has 0 spiro atoms. The number of carbonyl (C=O) groups excluding carboxylic acids is 1. The predicted molar refractivity (Wildman–Crippen MR) is 129 cm³/mol. The molecule has 5 nitrogen and oxygen atoms in total. The highest BCUT2D eigenvalue weighted by molar-refractivity contribution is 14.1. The van der Waals surface area contributed by atoms with Gasteiger partial charge in [0.1, 0.15) is 24.0 Å². The number of nitrogens with zero attached hydrogens (tertiary/aromatic N) is 2. The van der Waals surface area contributed by atoms with Gasteiger partial charge in [0.25, 0.3) is 5.91 Å². The standard InChI is InChI=1S/C22H13F2I2N3O2/c23-16-3-1-2-14(6-16)12-31-21-19(25)8-15(9-20(21)26)11-28-29-22(30)17-5-4-13(10-27)7-18(17)24/h1-9,11H,12H2,(H,29,30)/b28-11-. The molecule has 0 unspecified atom stereocenters. The van der Waals surface area contributed by atoms with Gasteiger partial charge in [0.2, 0.25) is 0 Å². The summed E-state index contributed by atoms with van der Waals surface area (Å²) in [5.41, 5.74) is 3.61. The highest BCUT2D eigenvalue weighted by Crippen LogP contribution is 2.29. The van der Waals surface area contributed by atoms with Gasteiger partial charge in [-0.1, -0.05) is 12.1 Å². The van der Waals surface area contributed by atoms with Crippen LogP contribution in [0.15, 0.2) is 59.7 Å². The Bertz CT molecular complexity index is 1190. The van der Waals surface area contributed by atoms with Crippen LogP contribution in [-0.4, -0.2) is 12.1 Å². The molecular weight excluding hydrogens is 630 g/mol. The molecule has 3 rings (SSSR count). The third kappa shape index (κ3) is 6.20. The molecule has 0 aliphatic rings. The molecule has 0 fully saturated rings. The Kier molecular flexibility index (Phi) is 7.91. The van der Waals surface area contributed by atoms with Gasteiger partial charge in [-0.3, -0.25) is 4.79 Å². The van der Waals surface area contributed by atoms with Crippen molar-refractivity contribution in [2.24, 2.45) is 5.10 Å². The van der Waals surface area contributed by atoms with Crippen LogP contribution in [0, 0.1) is 30.1 Å². The van der Waals surface area contributed by atoms with E-state index in [9.17, 15) is 13.6 Å². The lowest BCUT2D eigenvalue weighted by molar-refractivity contribution is 0.0951. The molecule has 0 aliphatic carbocycles. The van der Waals surface area contributed by atoms with E-state index in [0.29, 0.717) is 11.3 Å². The second-order valence-electron chi connectivity index (χ2n) is 6.24. The molecule has 0 saturated heterocycles. The predicted octanol–water partition coefficient (Wildman–Crippen LogP) is 5.39. The highest BCUT2D eigenvalue weighted by atomic mass is 127. The second kappa shape index (κ2) is 10.6. The Labute approximate surface area is 204 Å². The third-order valence-electron chi connectivity index (χ3n) is 4.02. The van der Waals surface area contributed by atoms with Crippen LogP contribution < -0.4 is 10.2 Å². The molecule has 0 aliphatic heterocycles. The summed E-state index contributed by atoms with van der Waals surface area (Å²) in [6, 6.07) is 15.2. The third-order valence-corrected chi connectivity index (χ3v) is 5.62. The average Bonchev–Trinajstić information content (AvgIpc) is 2.73. The zero-order valence-electron chi connectivity index (χ0n) is 15.7. The van der Waals surface area contributed by atoms with E-state index in [0.717, 1.165) is 18.8 Å². The fourth-order valence-electron chi connectivity index (χ4n) is 2.57. The van der Waals surface area contributed by atoms with Gasteiger partial charge < -0.3 is 4.74 Å². The molecular formula is C22H13F2I2N3O2. The minimum Gasteiger partial charge on any atom is -0.487 e. The number of amides is 1. The number of hydrazone groups is 1. The number of carbonyl (C=O) groups is 1. The van der Waals surface area contributed by atoms with Gasteiger partial charge >= 0.3 is 0 Å². The van der Waals surface area contributed by atoms with Gasteiger partial charge in [-0.15, -0.1) is 0 Å². The molecule has 0 atom stereocenters. The van der Waals surface area contributed by atoms with Gasteiger partial charge in [0.15, 0.2) is 0 Å². The SMILES string of the molecule is N#Cc1ccc(C(=O)N/N=C\c2cc(I)c(OCc3cccc(F)c3)c(I)c2)c(F)c1. The van der Waals surface area contributed by atoms with Crippen molar-refractivity contribution in [1.82, 2.24) is 5.43 Å². The van der Waals surface area contributed by atoms with Crippen LogP contribution in [0.4, 0.5) is 8.78 Å². The van der Waals surface area contributed by atoms with Gasteiger partial charge in [-0.05, 0) is 98.8 Å². The summed E-state index contributed by atoms with van der Waals surface area (Å²) >= 11 is 4.24. The van der Waals surface area contributed by atoms with Crippen LogP contribution in [0.3, 0.4) is 0 Å². The van der Waals surface area contributed by atoms with E-state index in [1.54, 1.807) is 18.2 Å². The van der Waals surface area contributed by atoms with Crippen molar-refractivity contribution in [2.75, 3.05) is 0 Å². The first-order chi connectivity index (χ1) is 14.9. The average molecular weight is 643 g/mol. The second-order valence-corrected chi connectivity index (χ2v) is 8.56. The summed E-state index contributed by atoms with van der Waals surface area (Å²) in [6.45, 7) is 0.226. The number of ether oxygens (including phenoxy) is 1. The summed E-state index contributed by atoms with van der Waals surface area (Å²) < 4.78 is 34.7. The fourth-order valence-corrected chi connectivity index (χ4v) is 4.70. The first-order valence-electron chi connectivity index (χ1n) is 8.76. The Morgan fingerprint density at radius 1 is 1.13 bits per heavy atom. The molecule has 1 amide bonds. The molecule has 0 aromatic heterocycles. The van der Waals surface area contributed by atoms with Gasteiger partial charge in [0, 0.05) is 0 Å². The largest absolute Gasteiger partial charge is 0.487 e. The maximum absolute atomic E-state index is 13.9. The number of hydrogen-bond donors (Lipinski definition) is 1. The number of hydrogen-bond acceptors (Lipinski definition) is 4. The summed E-state index contributed by atoms with van der Waals surface area (Å²) in [5.74, 6) is -1.18. The summed E-state index contributed by atoms with van der Waals surface area (Å²) in [7, 11) is 0. The molecule has 31 heavy (non-hydrogen) atoms. The topological polar surface area (TPSA) is 74.5 Å². The molecule has 0 bridgehead atoms. The molecule has 9 heteroatoms. The Morgan fingerprint density at radius 2 is 1.87 bits per heavy atom. The van der Waals surface area contributed by atoms with Crippen LogP contribution in [0.2, 0.25) is 0 Å². The first-order valence-corrected chi connectivity index (χ1v) is 10.9. The van der Waals surface area contributed by atoms with Crippen molar-refractivity contribution in [1.29, 1.82) is 5.26 Å². The molecule has 1 N–H and O–H groups in total. The lowest BCUT2D eigenvalue weighted by Crippen LogP contribution is -2.19. The van der Waals surface area contributed by atoms with Crippen molar-refractivity contribution in [3.05, 3.63) is 95.6 Å². The van der Waals surface area contributed by atoms with Crippen molar-refractivity contribution < 1.29 is 18.3 Å². The summed E-state index contributed by atoms with van der Waals surface area (Å²) in [4.78, 5) is 12.1. The lowest BCUT2D eigenvalue weighted by atomic mass is 10.1. The molecule has 0 saturated carbocycles. The van der Waals surface area contributed by atoms with Crippen LogP contribution in [0.25, 0.3) is 0 Å². The Morgan fingerprint density at radius 3 is 2.52 bits per heavy atom. The van der Waals surface area contributed by atoms with E-state index in [4.69, 9.17) is 10.00 Å². The number of benzene rings is 3. The van der Waals surface area contributed by atoms with Crippen molar-refractivity contribution in [2.45, 2.75) is 6.61 Å². The molecule has 0 radical (unpaired) electrons. The highest BCUT2D eigenvalue weighted by Gasteiger charge is 2.12. The van der Waals surface area contributed by atoms with Crippen LogP contribution in [0.1, 0.15) is 27.0 Å². The van der Waals surface area contributed by atoms with Gasteiger partial charge in [-0.25, -0.2) is 14.2 Å². The number of rotatable bonds is 6. The maximum Gasteiger partial charge on any atom is 0.274 e. The van der Waals surface area contributed by atoms with Crippen LogP contribution >= 0.6 is 45.2 Å². The van der Waals surface area contributed by atoms with Gasteiger partial charge in [0.05, 0.1) is 30.6 Å². The molecule has 3 aromatic carbocycles. The first kappa shape index (κ1) is 23.1. The quantitative estimate of drug-likeness (QED) is 0.223. The number of halogens is 4. The van der Waals surface area contributed by atoms with E-state index in [-0.39, 0.29) is 23.6 Å². The number of nitrogens with one attached hydrogen (secondary N) is 1. The normalized spacial score (nSPS) is 10.7. The monoisotopic (exact) mass is 643 g/mol. The van der Waals surface area contributed by atoms with E-state index in [1.165, 1.54) is 30.5 Å². The van der Waals surface area contributed by atoms with Gasteiger partial charge in [-0.2, -0.15) is 10.4 Å². The van der Waals surface area contributed by atoms with Crippen molar-refractivity contribution in [3.63, 3.8) is 0 Å².